The molecule has 0 fully saturated rings. The van der Waals surface area contributed by atoms with Crippen LogP contribution in [0.15, 0.2) is 140 Å². The highest BCUT2D eigenvalue weighted by molar-refractivity contribution is 5.87. The van der Waals surface area contributed by atoms with Crippen LogP contribution in [-0.2, 0) is 10.8 Å². The summed E-state index contributed by atoms with van der Waals surface area (Å²) in [6, 6.07) is 50.3. The fraction of sp³-hybridized carbons (Fsp3) is 0.280. The van der Waals surface area contributed by atoms with E-state index in [1.54, 1.807) is 0 Å². The fourth-order valence-corrected chi connectivity index (χ4v) is 7.20. The first-order valence-electron chi connectivity index (χ1n) is 18.4. The van der Waals surface area contributed by atoms with Crippen molar-refractivity contribution >= 4 is 10.8 Å². The molecule has 0 bridgehead atoms. The fourth-order valence-electron chi connectivity index (χ4n) is 7.20. The van der Waals surface area contributed by atoms with Crippen LogP contribution >= 0.6 is 0 Å². The van der Waals surface area contributed by atoms with E-state index in [0.717, 1.165) is 6.42 Å². The van der Waals surface area contributed by atoms with Gasteiger partial charge in [-0.15, -0.1) is 12.3 Å². The van der Waals surface area contributed by atoms with Crippen molar-refractivity contribution in [1.29, 1.82) is 0 Å². The second-order valence-electron chi connectivity index (χ2n) is 11.6. The van der Waals surface area contributed by atoms with Crippen LogP contribution in [0.3, 0.4) is 0 Å². The number of fused-ring (bicyclic) bond motifs is 7. The average Bonchev–Trinajstić information content (AvgIpc) is 3.61. The molecule has 0 aromatic heterocycles. The van der Waals surface area contributed by atoms with Crippen molar-refractivity contribution in [3.8, 4) is 34.6 Å². The molecule has 2 aliphatic rings. The quantitative estimate of drug-likeness (QED) is 0.162. The Hall–Kier alpha value is -4.86. The number of terminal acetylenes is 1. The van der Waals surface area contributed by atoms with Gasteiger partial charge in [0.2, 0.25) is 0 Å². The minimum atomic E-state index is -0.1000. The maximum Gasteiger partial charge on any atom is 0.0435 e. The summed E-state index contributed by atoms with van der Waals surface area (Å²) in [6.45, 7) is 20.6. The van der Waals surface area contributed by atoms with Gasteiger partial charge in [0, 0.05) is 17.3 Å². The van der Waals surface area contributed by atoms with Crippen LogP contribution < -0.4 is 0 Å². The molecule has 0 N–H and O–H groups in total. The molecule has 0 unspecified atom stereocenters. The van der Waals surface area contributed by atoms with Gasteiger partial charge in [0.05, 0.1) is 0 Å². The van der Waals surface area contributed by atoms with E-state index in [2.05, 4.69) is 159 Å². The number of rotatable bonds is 2. The highest BCUT2D eigenvalue weighted by Gasteiger charge is 2.40. The van der Waals surface area contributed by atoms with Crippen LogP contribution in [0.25, 0.3) is 33.0 Å². The van der Waals surface area contributed by atoms with Crippen LogP contribution in [0.2, 0.25) is 0 Å². The highest BCUT2D eigenvalue weighted by Crippen LogP contribution is 2.52. The molecule has 6 aromatic carbocycles. The van der Waals surface area contributed by atoms with Gasteiger partial charge in [0.25, 0.3) is 0 Å². The van der Waals surface area contributed by atoms with Gasteiger partial charge >= 0.3 is 0 Å². The van der Waals surface area contributed by atoms with Crippen LogP contribution in [0.1, 0.15) is 111 Å². The lowest BCUT2D eigenvalue weighted by molar-refractivity contribution is 0.607. The molecular formula is C50H60. The summed E-state index contributed by atoms with van der Waals surface area (Å²) >= 11 is 0. The first kappa shape index (κ1) is 41.3. The first-order valence-corrected chi connectivity index (χ1v) is 18.4. The van der Waals surface area contributed by atoms with Crippen molar-refractivity contribution in [1.82, 2.24) is 0 Å². The maximum absolute atomic E-state index is 5.56. The Morgan fingerprint density at radius 3 is 1.20 bits per heavy atom. The summed E-state index contributed by atoms with van der Waals surface area (Å²) < 4.78 is 0. The molecule has 0 saturated carbocycles. The van der Waals surface area contributed by atoms with Crippen LogP contribution in [0.5, 0.6) is 0 Å². The number of hydrogen-bond donors (Lipinski definition) is 0. The van der Waals surface area contributed by atoms with Gasteiger partial charge < -0.3 is 0 Å². The summed E-state index contributed by atoms with van der Waals surface area (Å²) in [5.74, 6) is 2.83. The summed E-state index contributed by atoms with van der Waals surface area (Å²) in [5, 5.41) is 2.60. The van der Waals surface area contributed by atoms with Crippen molar-refractivity contribution in [3.63, 3.8) is 0 Å². The third-order valence-corrected chi connectivity index (χ3v) is 9.34. The molecule has 0 aliphatic heterocycles. The molecule has 50 heavy (non-hydrogen) atoms. The zero-order valence-corrected chi connectivity index (χ0v) is 31.6. The third kappa shape index (κ3) is 7.49. The van der Waals surface area contributed by atoms with Gasteiger partial charge in [-0.05, 0) is 73.8 Å². The van der Waals surface area contributed by atoms with Crippen LogP contribution in [-0.4, -0.2) is 0 Å². The minimum absolute atomic E-state index is 0. The van der Waals surface area contributed by atoms with Gasteiger partial charge in [-0.3, -0.25) is 0 Å². The Bertz CT molecular complexity index is 1870. The molecule has 0 saturated heterocycles. The summed E-state index contributed by atoms with van der Waals surface area (Å²) in [4.78, 5) is 0. The van der Waals surface area contributed by atoms with Crippen molar-refractivity contribution in [2.45, 2.75) is 93.9 Å². The summed E-state index contributed by atoms with van der Waals surface area (Å²) in [6.07, 6.45) is 6.31. The molecule has 2 aliphatic carbocycles. The van der Waals surface area contributed by atoms with E-state index in [1.807, 2.05) is 55.4 Å². The van der Waals surface area contributed by atoms with E-state index in [9.17, 15) is 0 Å². The Kier molecular flexibility index (Phi) is 16.0. The molecule has 260 valence electrons. The monoisotopic (exact) mass is 660 g/mol. The van der Waals surface area contributed by atoms with Crippen LogP contribution in [0.4, 0.5) is 0 Å². The van der Waals surface area contributed by atoms with E-state index in [0.29, 0.717) is 0 Å². The average molecular weight is 661 g/mol. The SMILES string of the molecule is C.C#CCC1(C)c2ccccc2-c2ccccc21.CC.CC.CC.CC.CC1(c2ccc3ccccc3c2)c2ccccc2-c2ccccc21. The van der Waals surface area contributed by atoms with Gasteiger partial charge in [0.1, 0.15) is 0 Å². The first-order chi connectivity index (χ1) is 24.1. The summed E-state index contributed by atoms with van der Waals surface area (Å²) in [7, 11) is 0. The topological polar surface area (TPSA) is 0 Å². The van der Waals surface area contributed by atoms with E-state index < -0.39 is 0 Å². The van der Waals surface area contributed by atoms with E-state index in [4.69, 9.17) is 6.42 Å². The van der Waals surface area contributed by atoms with E-state index >= 15 is 0 Å². The summed E-state index contributed by atoms with van der Waals surface area (Å²) in [5.41, 5.74) is 12.2. The lowest BCUT2D eigenvalue weighted by atomic mass is 9.74. The van der Waals surface area contributed by atoms with Gasteiger partial charge in [-0.1, -0.05) is 203 Å². The van der Waals surface area contributed by atoms with Gasteiger partial charge in [0.15, 0.2) is 0 Å². The van der Waals surface area contributed by atoms with Gasteiger partial charge in [-0.2, -0.15) is 0 Å². The van der Waals surface area contributed by atoms with E-state index in [1.165, 1.54) is 60.8 Å². The number of hydrogen-bond acceptors (Lipinski definition) is 0. The lowest BCUT2D eigenvalue weighted by Gasteiger charge is -2.28. The maximum atomic E-state index is 5.56. The molecular weight excluding hydrogens is 601 g/mol. The Morgan fingerprint density at radius 1 is 0.440 bits per heavy atom. The lowest BCUT2D eigenvalue weighted by Crippen LogP contribution is -2.22. The predicted molar refractivity (Wildman–Crippen MR) is 225 cm³/mol. The van der Waals surface area contributed by atoms with Crippen molar-refractivity contribution in [3.05, 3.63) is 167 Å². The molecule has 8 rings (SSSR count). The minimum Gasteiger partial charge on any atom is -0.120 e. The molecule has 0 heterocycles. The molecule has 0 heteroatoms. The van der Waals surface area contributed by atoms with Gasteiger partial charge in [-0.25, -0.2) is 0 Å². The van der Waals surface area contributed by atoms with Crippen molar-refractivity contribution in [2.75, 3.05) is 0 Å². The standard InChI is InChI=1S/C24H18.C17H14.4C2H6.CH4/c1-24(19-15-14-17-8-2-3-9-18(17)16-19)22-12-6-4-10-20(22)21-11-5-7-13-23(21)24;1-3-12-17(2)15-10-6-4-8-13(15)14-9-5-7-11-16(14)17;4*1-2;/h2-16H,1H3;1,4-11H,12H2,2H3;4*1-2H3;1H4. The normalized spacial score (nSPS) is 12.4. The molecule has 0 radical (unpaired) electrons. The molecule has 0 nitrogen and oxygen atoms in total. The van der Waals surface area contributed by atoms with Crippen molar-refractivity contribution in [2.24, 2.45) is 0 Å². The Labute approximate surface area is 305 Å². The molecule has 6 aromatic rings. The second kappa shape index (κ2) is 19.4. The van der Waals surface area contributed by atoms with E-state index in [-0.39, 0.29) is 18.3 Å². The highest BCUT2D eigenvalue weighted by atomic mass is 14.4. The molecule has 0 amide bonds. The zero-order valence-electron chi connectivity index (χ0n) is 31.6. The predicted octanol–water partition coefficient (Wildman–Crippen LogP) is 14.9. The van der Waals surface area contributed by atoms with Crippen molar-refractivity contribution < 1.29 is 0 Å². The molecule has 0 spiro atoms. The largest absolute Gasteiger partial charge is 0.120 e. The third-order valence-electron chi connectivity index (χ3n) is 9.34. The zero-order chi connectivity index (χ0) is 36.0. The number of benzene rings is 6. The smallest absolute Gasteiger partial charge is 0.0435 e. The Balaban J connectivity index is 0.000000295. The second-order valence-corrected chi connectivity index (χ2v) is 11.6. The Morgan fingerprint density at radius 2 is 0.780 bits per heavy atom. The molecule has 0 atom stereocenters. The van der Waals surface area contributed by atoms with Crippen LogP contribution in [0, 0.1) is 12.3 Å².